The van der Waals surface area contributed by atoms with Crippen molar-refractivity contribution in [1.29, 1.82) is 5.26 Å². The van der Waals surface area contributed by atoms with Crippen LogP contribution in [-0.4, -0.2) is 36.8 Å². The fourth-order valence-electron chi connectivity index (χ4n) is 4.25. The van der Waals surface area contributed by atoms with Crippen LogP contribution in [-0.2, 0) is 11.3 Å². The van der Waals surface area contributed by atoms with E-state index in [1.54, 1.807) is 24.6 Å². The van der Waals surface area contributed by atoms with Gasteiger partial charge >= 0.3 is 11.9 Å². The number of nitrogens with one attached hydrogen (secondary N) is 2. The van der Waals surface area contributed by atoms with Crippen LogP contribution >= 0.6 is 0 Å². The standard InChI is InChI=1S/C28H24N8O5/c1-18-24(33-28(37)40-13-12-34-19(2)30-16-25(34)36(38)39)17-35-27(18)26(20(14-29)15-31-35)32-21-8-10-23(11-9-21)41-22-6-4-3-5-7-22/h3-11,15-17,32H,12-13H2,1-2H3,(H,33,37). The second-order valence-corrected chi connectivity index (χ2v) is 8.90. The number of anilines is 3. The zero-order valence-electron chi connectivity index (χ0n) is 22.1. The predicted molar refractivity (Wildman–Crippen MR) is 149 cm³/mol. The number of para-hydroxylation sites is 1. The summed E-state index contributed by atoms with van der Waals surface area (Å²) in [5.74, 6) is 1.63. The first-order chi connectivity index (χ1) is 19.8. The predicted octanol–water partition coefficient (Wildman–Crippen LogP) is 5.71. The monoisotopic (exact) mass is 552 g/mol. The third-order valence-electron chi connectivity index (χ3n) is 6.29. The highest BCUT2D eigenvalue weighted by molar-refractivity contribution is 5.92. The summed E-state index contributed by atoms with van der Waals surface area (Å²) in [6.45, 7) is 3.38. The quantitative estimate of drug-likeness (QED) is 0.172. The smallest absolute Gasteiger partial charge is 0.411 e. The van der Waals surface area contributed by atoms with Crippen molar-refractivity contribution in [3.8, 4) is 17.6 Å². The number of nitro groups is 1. The van der Waals surface area contributed by atoms with E-state index in [4.69, 9.17) is 9.47 Å². The van der Waals surface area contributed by atoms with Crippen LogP contribution in [0.4, 0.5) is 27.7 Å². The molecule has 0 radical (unpaired) electrons. The molecule has 41 heavy (non-hydrogen) atoms. The number of carbonyl (C=O) groups excluding carboxylic acids is 1. The Morgan fingerprint density at radius 3 is 2.54 bits per heavy atom. The summed E-state index contributed by atoms with van der Waals surface area (Å²) in [5, 5.41) is 31.2. The zero-order valence-corrected chi connectivity index (χ0v) is 22.1. The van der Waals surface area contributed by atoms with Crippen LogP contribution in [0.3, 0.4) is 0 Å². The summed E-state index contributed by atoms with van der Waals surface area (Å²) < 4.78 is 14.0. The highest BCUT2D eigenvalue weighted by Crippen LogP contribution is 2.33. The fourth-order valence-corrected chi connectivity index (χ4v) is 4.25. The minimum atomic E-state index is -0.742. The van der Waals surface area contributed by atoms with Crippen molar-refractivity contribution in [2.45, 2.75) is 20.4 Å². The molecular weight excluding hydrogens is 528 g/mol. The number of rotatable bonds is 9. The molecule has 13 nitrogen and oxygen atoms in total. The van der Waals surface area contributed by atoms with Crippen LogP contribution in [0.15, 0.2) is 73.2 Å². The van der Waals surface area contributed by atoms with Crippen LogP contribution in [0.5, 0.6) is 11.5 Å². The largest absolute Gasteiger partial charge is 0.457 e. The van der Waals surface area contributed by atoms with E-state index < -0.39 is 11.0 Å². The van der Waals surface area contributed by atoms with E-state index in [-0.39, 0.29) is 19.0 Å². The molecule has 0 spiro atoms. The van der Waals surface area contributed by atoms with E-state index in [0.29, 0.717) is 45.3 Å². The summed E-state index contributed by atoms with van der Waals surface area (Å²) in [7, 11) is 0. The van der Waals surface area contributed by atoms with Gasteiger partial charge in [0.25, 0.3) is 0 Å². The van der Waals surface area contributed by atoms with E-state index in [2.05, 4.69) is 26.8 Å². The molecule has 1 amide bonds. The molecule has 3 heterocycles. The lowest BCUT2D eigenvalue weighted by Crippen LogP contribution is -2.18. The van der Waals surface area contributed by atoms with Crippen molar-refractivity contribution in [2.75, 3.05) is 17.2 Å². The first-order valence-corrected chi connectivity index (χ1v) is 12.5. The molecule has 0 bridgehead atoms. The van der Waals surface area contributed by atoms with Crippen LogP contribution in [0.25, 0.3) is 5.52 Å². The topological polar surface area (TPSA) is 162 Å². The first kappa shape index (κ1) is 26.7. The molecule has 0 unspecified atom stereocenters. The Hall–Kier alpha value is -5.90. The minimum Gasteiger partial charge on any atom is -0.457 e. The van der Waals surface area contributed by atoms with Crippen molar-refractivity contribution in [2.24, 2.45) is 0 Å². The van der Waals surface area contributed by atoms with Gasteiger partial charge in [-0.15, -0.1) is 0 Å². The second kappa shape index (κ2) is 11.5. The van der Waals surface area contributed by atoms with Gasteiger partial charge in [-0.05, 0) is 48.2 Å². The normalized spacial score (nSPS) is 10.7. The lowest BCUT2D eigenvalue weighted by atomic mass is 10.1. The van der Waals surface area contributed by atoms with Gasteiger partial charge < -0.3 is 24.9 Å². The maximum absolute atomic E-state index is 12.5. The average Bonchev–Trinajstić information content (AvgIpc) is 3.49. The number of carbonyl (C=O) groups is 1. The number of aromatic nitrogens is 4. The maximum Gasteiger partial charge on any atom is 0.411 e. The Labute approximate surface area is 233 Å². The van der Waals surface area contributed by atoms with Gasteiger partial charge in [-0.1, -0.05) is 18.2 Å². The number of aryl methyl sites for hydroxylation is 2. The van der Waals surface area contributed by atoms with Crippen LogP contribution in [0, 0.1) is 35.3 Å². The van der Waals surface area contributed by atoms with Crippen molar-refractivity contribution < 1.29 is 19.2 Å². The summed E-state index contributed by atoms with van der Waals surface area (Å²) in [4.78, 5) is 27.1. The number of hydrogen-bond acceptors (Lipinski definition) is 9. The molecule has 0 saturated heterocycles. The van der Waals surface area contributed by atoms with Crippen molar-refractivity contribution in [3.63, 3.8) is 0 Å². The number of benzene rings is 2. The van der Waals surface area contributed by atoms with Crippen molar-refractivity contribution >= 4 is 34.5 Å². The Morgan fingerprint density at radius 1 is 1.10 bits per heavy atom. The Kier molecular flexibility index (Phi) is 7.46. The maximum atomic E-state index is 12.5. The Morgan fingerprint density at radius 2 is 1.83 bits per heavy atom. The molecule has 2 aromatic carbocycles. The third kappa shape index (κ3) is 5.76. The number of nitriles is 1. The van der Waals surface area contributed by atoms with Crippen molar-refractivity contribution in [3.05, 3.63) is 100 Å². The van der Waals surface area contributed by atoms with Gasteiger partial charge in [-0.2, -0.15) is 10.4 Å². The number of ether oxygens (including phenoxy) is 2. The van der Waals surface area contributed by atoms with Gasteiger partial charge in [0.2, 0.25) is 0 Å². The molecule has 5 aromatic rings. The van der Waals surface area contributed by atoms with Crippen LogP contribution in [0.1, 0.15) is 17.0 Å². The molecule has 5 rings (SSSR count). The van der Waals surface area contributed by atoms with Gasteiger partial charge in [-0.3, -0.25) is 5.32 Å². The fraction of sp³-hybridized carbons (Fsp3) is 0.143. The Bertz CT molecular complexity index is 1770. The zero-order chi connectivity index (χ0) is 28.9. The Balaban J connectivity index is 1.30. The summed E-state index contributed by atoms with van der Waals surface area (Å²) in [5.41, 5.74) is 3.22. The molecular formula is C28H24N8O5. The molecule has 3 aromatic heterocycles. The molecule has 0 aliphatic carbocycles. The minimum absolute atomic E-state index is 0.0720. The molecule has 206 valence electrons. The molecule has 0 aliphatic rings. The van der Waals surface area contributed by atoms with E-state index in [9.17, 15) is 20.2 Å². The van der Waals surface area contributed by atoms with Crippen LogP contribution < -0.4 is 15.4 Å². The highest BCUT2D eigenvalue weighted by atomic mass is 16.6. The number of fused-ring (bicyclic) bond motifs is 1. The van der Waals surface area contributed by atoms with Crippen molar-refractivity contribution in [1.82, 2.24) is 19.2 Å². The van der Waals surface area contributed by atoms with E-state index in [1.807, 2.05) is 54.6 Å². The van der Waals surface area contributed by atoms with Crippen LogP contribution in [0.2, 0.25) is 0 Å². The van der Waals surface area contributed by atoms with Gasteiger partial charge in [0.15, 0.2) is 5.82 Å². The number of hydrogen-bond donors (Lipinski definition) is 2. The van der Waals surface area contributed by atoms with E-state index in [0.717, 1.165) is 11.9 Å². The average molecular weight is 553 g/mol. The molecule has 0 aliphatic heterocycles. The third-order valence-corrected chi connectivity index (χ3v) is 6.29. The molecule has 0 fully saturated rings. The van der Waals surface area contributed by atoms with E-state index in [1.165, 1.54) is 10.8 Å². The summed E-state index contributed by atoms with van der Waals surface area (Å²) >= 11 is 0. The molecule has 0 atom stereocenters. The molecule has 0 saturated carbocycles. The second-order valence-electron chi connectivity index (χ2n) is 8.90. The number of imidazole rings is 1. The first-order valence-electron chi connectivity index (χ1n) is 12.5. The molecule has 2 N–H and O–H groups in total. The van der Waals surface area contributed by atoms with Gasteiger partial charge in [0.1, 0.15) is 36.9 Å². The van der Waals surface area contributed by atoms with Gasteiger partial charge in [0.05, 0.1) is 34.8 Å². The lowest BCUT2D eigenvalue weighted by Gasteiger charge is -2.12. The van der Waals surface area contributed by atoms with Gasteiger partial charge in [-0.25, -0.2) is 18.9 Å². The van der Waals surface area contributed by atoms with Gasteiger partial charge in [0, 0.05) is 18.2 Å². The lowest BCUT2D eigenvalue weighted by molar-refractivity contribution is -0.392. The van der Waals surface area contributed by atoms with E-state index >= 15 is 0 Å². The SMILES string of the molecule is Cc1c(NC(=O)OCCn2c([N+](=O)[O-])cnc2C)cn2ncc(C#N)c(Nc3ccc(Oc4ccccc4)cc3)c12. The highest BCUT2D eigenvalue weighted by Gasteiger charge is 2.20. The summed E-state index contributed by atoms with van der Waals surface area (Å²) in [6.07, 6.45) is 3.46. The number of nitrogens with zero attached hydrogens (tertiary/aromatic N) is 6. The summed E-state index contributed by atoms with van der Waals surface area (Å²) in [6, 6.07) is 18.9. The molecule has 13 heteroatoms. The number of amides is 1.